The minimum absolute atomic E-state index is 0.255. The number of hydrogen-bond acceptors (Lipinski definition) is 2. The van der Waals surface area contributed by atoms with Gasteiger partial charge in [-0.1, -0.05) is 62.5 Å². The Balaban J connectivity index is 2.22. The van der Waals surface area contributed by atoms with Crippen molar-refractivity contribution in [3.63, 3.8) is 0 Å². The summed E-state index contributed by atoms with van der Waals surface area (Å²) in [7, 11) is 0. The lowest BCUT2D eigenvalue weighted by atomic mass is 9.96. The molecule has 0 spiro atoms. The summed E-state index contributed by atoms with van der Waals surface area (Å²) in [5, 5.41) is 11.2. The fourth-order valence-electron chi connectivity index (χ4n) is 2.55. The zero-order chi connectivity index (χ0) is 17.7. The summed E-state index contributed by atoms with van der Waals surface area (Å²) >= 11 is 12.8. The summed E-state index contributed by atoms with van der Waals surface area (Å²) in [6, 6.07) is 9.29. The van der Waals surface area contributed by atoms with Gasteiger partial charge in [-0.25, -0.2) is 0 Å². The third-order valence-electron chi connectivity index (χ3n) is 3.98. The Morgan fingerprint density at radius 3 is 2.33 bits per heavy atom. The number of unbranched alkanes of at least 4 members (excludes halogenated alkanes) is 1. The van der Waals surface area contributed by atoms with E-state index < -0.39 is 0 Å². The van der Waals surface area contributed by atoms with Crippen molar-refractivity contribution >= 4 is 23.2 Å². The molecule has 0 heterocycles. The SMILES string of the molecule is CCCCOc1cc(Cl)c(Cc2ccc(O)c(C(C)C)c2)c(Cl)c1. The normalized spacial score (nSPS) is 11.1. The molecule has 2 aromatic rings. The van der Waals surface area contributed by atoms with E-state index in [2.05, 4.69) is 20.8 Å². The standard InChI is InChI=1S/C20H24Cl2O2/c1-4-5-8-24-15-11-18(21)17(19(22)12-15)10-14-6-7-20(23)16(9-14)13(2)3/h6-7,9,11-13,23H,4-5,8,10H2,1-3H3. The molecule has 2 aromatic carbocycles. The molecule has 2 rings (SSSR count). The molecule has 0 unspecified atom stereocenters. The number of phenols is 1. The van der Waals surface area contributed by atoms with E-state index in [1.165, 1.54) is 0 Å². The lowest BCUT2D eigenvalue weighted by Gasteiger charge is -2.14. The molecular formula is C20H24Cl2O2. The number of halogens is 2. The highest BCUT2D eigenvalue weighted by atomic mass is 35.5. The molecule has 4 heteroatoms. The molecule has 24 heavy (non-hydrogen) atoms. The van der Waals surface area contributed by atoms with Gasteiger partial charge in [0, 0.05) is 16.5 Å². The van der Waals surface area contributed by atoms with Gasteiger partial charge in [-0.05, 0) is 47.2 Å². The lowest BCUT2D eigenvalue weighted by molar-refractivity contribution is 0.309. The van der Waals surface area contributed by atoms with Crippen LogP contribution in [0.25, 0.3) is 0 Å². The highest BCUT2D eigenvalue weighted by Gasteiger charge is 2.12. The van der Waals surface area contributed by atoms with Crippen molar-refractivity contribution in [2.75, 3.05) is 6.61 Å². The molecule has 0 radical (unpaired) electrons. The van der Waals surface area contributed by atoms with Crippen molar-refractivity contribution in [3.05, 3.63) is 57.1 Å². The molecule has 0 fully saturated rings. The first-order valence-electron chi connectivity index (χ1n) is 8.34. The van der Waals surface area contributed by atoms with Crippen LogP contribution < -0.4 is 4.74 Å². The van der Waals surface area contributed by atoms with Crippen LogP contribution in [0.5, 0.6) is 11.5 Å². The van der Waals surface area contributed by atoms with Crippen molar-refractivity contribution in [1.82, 2.24) is 0 Å². The number of ether oxygens (including phenoxy) is 1. The fourth-order valence-corrected chi connectivity index (χ4v) is 3.15. The van der Waals surface area contributed by atoms with Gasteiger partial charge >= 0.3 is 0 Å². The second-order valence-corrected chi connectivity index (χ2v) is 7.11. The molecule has 130 valence electrons. The van der Waals surface area contributed by atoms with Gasteiger partial charge in [0.25, 0.3) is 0 Å². The topological polar surface area (TPSA) is 29.5 Å². The van der Waals surface area contributed by atoms with E-state index in [0.29, 0.717) is 34.6 Å². The van der Waals surface area contributed by atoms with Crippen LogP contribution in [0.15, 0.2) is 30.3 Å². The Morgan fingerprint density at radius 1 is 1.08 bits per heavy atom. The molecule has 0 aliphatic carbocycles. The number of phenolic OH excluding ortho intramolecular Hbond substituents is 1. The van der Waals surface area contributed by atoms with Crippen LogP contribution in [0.4, 0.5) is 0 Å². The van der Waals surface area contributed by atoms with Gasteiger partial charge in [-0.3, -0.25) is 0 Å². The van der Waals surface area contributed by atoms with Crippen LogP contribution in [-0.4, -0.2) is 11.7 Å². The van der Waals surface area contributed by atoms with Crippen LogP contribution in [-0.2, 0) is 6.42 Å². The Hall–Kier alpha value is -1.38. The second-order valence-electron chi connectivity index (χ2n) is 6.29. The zero-order valence-corrected chi connectivity index (χ0v) is 15.9. The van der Waals surface area contributed by atoms with Gasteiger partial charge in [-0.15, -0.1) is 0 Å². The molecular weight excluding hydrogens is 343 g/mol. The van der Waals surface area contributed by atoms with Crippen LogP contribution >= 0.6 is 23.2 Å². The average molecular weight is 367 g/mol. The first-order chi connectivity index (χ1) is 11.4. The van der Waals surface area contributed by atoms with Gasteiger partial charge in [0.1, 0.15) is 11.5 Å². The highest BCUT2D eigenvalue weighted by Crippen LogP contribution is 2.34. The maximum atomic E-state index is 9.95. The minimum atomic E-state index is 0.255. The Morgan fingerprint density at radius 2 is 1.75 bits per heavy atom. The summed E-state index contributed by atoms with van der Waals surface area (Å²) < 4.78 is 5.68. The second kappa shape index (κ2) is 8.64. The van der Waals surface area contributed by atoms with Gasteiger partial charge in [0.2, 0.25) is 0 Å². The van der Waals surface area contributed by atoms with Crippen molar-refractivity contribution in [3.8, 4) is 11.5 Å². The Labute approximate surface area is 154 Å². The summed E-state index contributed by atoms with van der Waals surface area (Å²) in [5.41, 5.74) is 2.88. The van der Waals surface area contributed by atoms with Crippen LogP contribution in [0.1, 0.15) is 56.2 Å². The Bertz CT molecular complexity index is 673. The molecule has 1 N–H and O–H groups in total. The van der Waals surface area contributed by atoms with Gasteiger partial charge in [0.15, 0.2) is 0 Å². The number of aromatic hydroxyl groups is 1. The van der Waals surface area contributed by atoms with Gasteiger partial charge in [0.05, 0.1) is 6.61 Å². The van der Waals surface area contributed by atoms with Crippen LogP contribution in [0.3, 0.4) is 0 Å². The predicted molar refractivity (Wildman–Crippen MR) is 102 cm³/mol. The van der Waals surface area contributed by atoms with E-state index in [4.69, 9.17) is 27.9 Å². The smallest absolute Gasteiger partial charge is 0.122 e. The summed E-state index contributed by atoms with van der Waals surface area (Å²) in [4.78, 5) is 0. The number of hydrogen-bond donors (Lipinski definition) is 1. The quantitative estimate of drug-likeness (QED) is 0.559. The molecule has 0 aliphatic heterocycles. The molecule has 0 bridgehead atoms. The van der Waals surface area contributed by atoms with Crippen molar-refractivity contribution in [2.45, 2.75) is 46.0 Å². The fraction of sp³-hybridized carbons (Fsp3) is 0.400. The third kappa shape index (κ3) is 4.81. The average Bonchev–Trinajstić information content (AvgIpc) is 2.52. The van der Waals surface area contributed by atoms with Crippen LogP contribution in [0, 0.1) is 0 Å². The Kier molecular flexibility index (Phi) is 6.82. The monoisotopic (exact) mass is 366 g/mol. The zero-order valence-electron chi connectivity index (χ0n) is 14.4. The predicted octanol–water partition coefficient (Wildman–Crippen LogP) is 6.59. The molecule has 0 atom stereocenters. The number of benzene rings is 2. The number of rotatable bonds is 7. The molecule has 0 aliphatic rings. The molecule has 0 aromatic heterocycles. The summed E-state index contributed by atoms with van der Waals surface area (Å²) in [5.74, 6) is 1.28. The first-order valence-corrected chi connectivity index (χ1v) is 9.10. The van der Waals surface area contributed by atoms with E-state index in [9.17, 15) is 5.11 Å². The highest BCUT2D eigenvalue weighted by molar-refractivity contribution is 6.36. The molecule has 2 nitrogen and oxygen atoms in total. The van der Waals surface area contributed by atoms with Crippen molar-refractivity contribution in [2.24, 2.45) is 0 Å². The van der Waals surface area contributed by atoms with E-state index in [1.807, 2.05) is 24.3 Å². The largest absolute Gasteiger partial charge is 0.508 e. The van der Waals surface area contributed by atoms with Crippen molar-refractivity contribution in [1.29, 1.82) is 0 Å². The van der Waals surface area contributed by atoms with Gasteiger partial charge in [-0.2, -0.15) is 0 Å². The summed E-state index contributed by atoms with van der Waals surface area (Å²) in [6.45, 7) is 6.90. The lowest BCUT2D eigenvalue weighted by Crippen LogP contribution is -1.99. The van der Waals surface area contributed by atoms with E-state index in [1.54, 1.807) is 6.07 Å². The van der Waals surface area contributed by atoms with E-state index in [-0.39, 0.29) is 5.92 Å². The first kappa shape index (κ1) is 19.0. The molecule has 0 saturated heterocycles. The van der Waals surface area contributed by atoms with E-state index in [0.717, 1.165) is 29.5 Å². The van der Waals surface area contributed by atoms with Crippen molar-refractivity contribution < 1.29 is 9.84 Å². The summed E-state index contributed by atoms with van der Waals surface area (Å²) in [6.07, 6.45) is 2.70. The maximum absolute atomic E-state index is 9.95. The van der Waals surface area contributed by atoms with E-state index >= 15 is 0 Å². The molecule has 0 amide bonds. The molecule has 0 saturated carbocycles. The van der Waals surface area contributed by atoms with Crippen LogP contribution in [0.2, 0.25) is 10.0 Å². The third-order valence-corrected chi connectivity index (χ3v) is 4.65. The minimum Gasteiger partial charge on any atom is -0.508 e. The van der Waals surface area contributed by atoms with Gasteiger partial charge < -0.3 is 9.84 Å². The maximum Gasteiger partial charge on any atom is 0.122 e.